The molecule has 1 aromatic heterocycles. The van der Waals surface area contributed by atoms with Crippen molar-refractivity contribution in [2.45, 2.75) is 24.3 Å². The topological polar surface area (TPSA) is 128 Å². The predicted molar refractivity (Wildman–Crippen MR) is 113 cm³/mol. The van der Waals surface area contributed by atoms with E-state index in [-0.39, 0.29) is 43.0 Å². The molecule has 1 amide bonds. The summed E-state index contributed by atoms with van der Waals surface area (Å²) in [6.07, 6.45) is -0.682. The van der Waals surface area contributed by atoms with Crippen molar-refractivity contribution in [1.82, 2.24) is 25.5 Å². The van der Waals surface area contributed by atoms with Crippen molar-refractivity contribution in [2.24, 2.45) is 0 Å². The molecule has 0 spiro atoms. The Labute approximate surface area is 193 Å². The average Bonchev–Trinajstić information content (AvgIpc) is 3.65. The number of aromatic nitrogens is 4. The quantitative estimate of drug-likeness (QED) is 0.567. The van der Waals surface area contributed by atoms with Gasteiger partial charge in [0.15, 0.2) is 11.5 Å². The van der Waals surface area contributed by atoms with Crippen molar-refractivity contribution < 1.29 is 33.2 Å². The molecule has 4 heterocycles. The summed E-state index contributed by atoms with van der Waals surface area (Å²) in [7, 11) is 1.58. The highest BCUT2D eigenvalue weighted by Crippen LogP contribution is 2.38. The predicted octanol–water partition coefficient (Wildman–Crippen LogP) is 1.34. The SMILES string of the molecule is COc1ccc(C(=O)N[C@H]2CO[C@H]3[C@@H]2OC[C@@H]3n2nnnc2Oc2ccc3c(c2)OCO3)cc1. The number of rotatable bonds is 6. The van der Waals surface area contributed by atoms with Crippen molar-refractivity contribution in [2.75, 3.05) is 27.1 Å². The molecule has 6 rings (SSSR count). The van der Waals surface area contributed by atoms with Gasteiger partial charge < -0.3 is 33.7 Å². The Balaban J connectivity index is 1.14. The molecule has 0 saturated carbocycles. The molecule has 1 N–H and O–H groups in total. The maximum atomic E-state index is 12.7. The number of methoxy groups -OCH3 is 1. The zero-order valence-electron chi connectivity index (χ0n) is 18.1. The first-order valence-corrected chi connectivity index (χ1v) is 10.7. The van der Waals surface area contributed by atoms with Gasteiger partial charge >= 0.3 is 6.01 Å². The zero-order valence-corrected chi connectivity index (χ0v) is 18.1. The third kappa shape index (κ3) is 3.66. The summed E-state index contributed by atoms with van der Waals surface area (Å²) in [5.74, 6) is 2.23. The summed E-state index contributed by atoms with van der Waals surface area (Å²) in [6.45, 7) is 0.799. The van der Waals surface area contributed by atoms with E-state index in [4.69, 9.17) is 28.4 Å². The number of benzene rings is 2. The fourth-order valence-corrected chi connectivity index (χ4v) is 4.31. The molecule has 3 aromatic rings. The van der Waals surface area contributed by atoms with E-state index in [1.165, 1.54) is 0 Å². The van der Waals surface area contributed by atoms with Crippen LogP contribution in [0.15, 0.2) is 42.5 Å². The lowest BCUT2D eigenvalue weighted by atomic mass is 10.1. The number of nitrogens with one attached hydrogen (secondary N) is 1. The molecule has 0 radical (unpaired) electrons. The molecule has 0 bridgehead atoms. The normalized spacial score (nSPS) is 24.6. The highest BCUT2D eigenvalue weighted by Gasteiger charge is 2.50. The van der Waals surface area contributed by atoms with Crippen LogP contribution in [0.25, 0.3) is 0 Å². The van der Waals surface area contributed by atoms with Gasteiger partial charge in [-0.3, -0.25) is 4.79 Å². The number of ether oxygens (including phenoxy) is 6. The van der Waals surface area contributed by atoms with Crippen LogP contribution in [0.1, 0.15) is 16.4 Å². The molecular formula is C22H21N5O7. The number of nitrogens with zero attached hydrogens (tertiary/aromatic N) is 4. The first-order chi connectivity index (χ1) is 16.7. The Morgan fingerprint density at radius 3 is 2.68 bits per heavy atom. The van der Waals surface area contributed by atoms with E-state index in [0.717, 1.165) is 0 Å². The van der Waals surface area contributed by atoms with Crippen molar-refractivity contribution in [3.63, 3.8) is 0 Å². The molecular weight excluding hydrogens is 446 g/mol. The fraction of sp³-hybridized carbons (Fsp3) is 0.364. The molecule has 4 atom stereocenters. The molecule has 176 valence electrons. The summed E-state index contributed by atoms with van der Waals surface area (Å²) < 4.78 is 35.3. The van der Waals surface area contributed by atoms with Gasteiger partial charge in [0.2, 0.25) is 6.79 Å². The first-order valence-electron chi connectivity index (χ1n) is 10.7. The molecule has 12 heteroatoms. The zero-order chi connectivity index (χ0) is 23.1. The van der Waals surface area contributed by atoms with E-state index >= 15 is 0 Å². The smallest absolute Gasteiger partial charge is 0.341 e. The van der Waals surface area contributed by atoms with Crippen LogP contribution in [0.4, 0.5) is 0 Å². The summed E-state index contributed by atoms with van der Waals surface area (Å²) in [5.41, 5.74) is 0.527. The maximum absolute atomic E-state index is 12.7. The molecule has 3 aliphatic heterocycles. The molecule has 0 unspecified atom stereocenters. The minimum Gasteiger partial charge on any atom is -0.497 e. The lowest BCUT2D eigenvalue weighted by Crippen LogP contribution is -2.44. The standard InChI is InChI=1S/C22H21N5O7/c1-29-13-4-2-12(3-5-13)21(28)23-15-9-30-20-16(10-31-19(15)20)27-22(24-25-26-27)34-14-6-7-17-18(8-14)33-11-32-17/h2-8,15-16,19-20H,9-11H2,1H3,(H,23,28)/t15-,16-,19+,20+/m0/s1. The molecule has 2 fully saturated rings. The number of hydrogen-bond donors (Lipinski definition) is 1. The van der Waals surface area contributed by atoms with E-state index in [0.29, 0.717) is 41.8 Å². The lowest BCUT2D eigenvalue weighted by Gasteiger charge is -2.18. The second-order valence-electron chi connectivity index (χ2n) is 7.99. The van der Waals surface area contributed by atoms with Crippen molar-refractivity contribution in [3.8, 4) is 29.0 Å². The van der Waals surface area contributed by atoms with Crippen LogP contribution in [0, 0.1) is 0 Å². The minimum absolute atomic E-state index is 0.173. The van der Waals surface area contributed by atoms with Crippen LogP contribution in [0.3, 0.4) is 0 Å². The molecule has 34 heavy (non-hydrogen) atoms. The van der Waals surface area contributed by atoms with E-state index in [9.17, 15) is 4.79 Å². The minimum atomic E-state index is -0.344. The summed E-state index contributed by atoms with van der Waals surface area (Å²) in [6, 6.07) is 11.7. The Morgan fingerprint density at radius 2 is 1.82 bits per heavy atom. The van der Waals surface area contributed by atoms with Crippen LogP contribution in [-0.4, -0.2) is 71.5 Å². The van der Waals surface area contributed by atoms with Gasteiger partial charge in [-0.2, -0.15) is 4.68 Å². The molecule has 0 aliphatic carbocycles. The second kappa shape index (κ2) is 8.47. The maximum Gasteiger partial charge on any atom is 0.341 e. The van der Waals surface area contributed by atoms with Crippen molar-refractivity contribution >= 4 is 5.91 Å². The van der Waals surface area contributed by atoms with Gasteiger partial charge in [-0.25, -0.2) is 0 Å². The Morgan fingerprint density at radius 1 is 1.03 bits per heavy atom. The van der Waals surface area contributed by atoms with Gasteiger partial charge in [0.05, 0.1) is 26.4 Å². The van der Waals surface area contributed by atoms with Crippen LogP contribution in [0.2, 0.25) is 0 Å². The number of tetrazole rings is 1. The van der Waals surface area contributed by atoms with E-state index < -0.39 is 0 Å². The van der Waals surface area contributed by atoms with Crippen LogP contribution >= 0.6 is 0 Å². The Hall–Kier alpha value is -3.90. The van der Waals surface area contributed by atoms with Gasteiger partial charge in [0.25, 0.3) is 5.91 Å². The average molecular weight is 467 g/mol. The number of hydrogen-bond acceptors (Lipinski definition) is 10. The molecule has 2 saturated heterocycles. The number of carbonyl (C=O) groups excluding carboxylic acids is 1. The van der Waals surface area contributed by atoms with Crippen LogP contribution in [0.5, 0.6) is 29.0 Å². The Kier molecular flexibility index (Phi) is 5.15. The van der Waals surface area contributed by atoms with Gasteiger partial charge in [-0.05, 0) is 46.8 Å². The molecule has 2 aromatic carbocycles. The van der Waals surface area contributed by atoms with Gasteiger partial charge in [0, 0.05) is 11.6 Å². The van der Waals surface area contributed by atoms with Gasteiger partial charge in [-0.1, -0.05) is 5.10 Å². The second-order valence-corrected chi connectivity index (χ2v) is 7.99. The van der Waals surface area contributed by atoms with Crippen LogP contribution < -0.4 is 24.3 Å². The highest BCUT2D eigenvalue weighted by molar-refractivity contribution is 5.94. The number of fused-ring (bicyclic) bond motifs is 2. The molecule has 3 aliphatic rings. The fourth-order valence-electron chi connectivity index (χ4n) is 4.31. The van der Waals surface area contributed by atoms with Gasteiger partial charge in [0.1, 0.15) is 29.7 Å². The number of carbonyl (C=O) groups is 1. The Bertz CT molecular complexity index is 1200. The van der Waals surface area contributed by atoms with E-state index in [1.807, 2.05) is 0 Å². The summed E-state index contributed by atoms with van der Waals surface area (Å²) >= 11 is 0. The van der Waals surface area contributed by atoms with E-state index in [1.54, 1.807) is 54.3 Å². The third-order valence-corrected chi connectivity index (χ3v) is 6.03. The monoisotopic (exact) mass is 467 g/mol. The van der Waals surface area contributed by atoms with Crippen molar-refractivity contribution in [1.29, 1.82) is 0 Å². The van der Waals surface area contributed by atoms with Gasteiger partial charge in [-0.15, -0.1) is 0 Å². The summed E-state index contributed by atoms with van der Waals surface area (Å²) in [5, 5.41) is 14.9. The largest absolute Gasteiger partial charge is 0.497 e. The van der Waals surface area contributed by atoms with E-state index in [2.05, 4.69) is 20.8 Å². The third-order valence-electron chi connectivity index (χ3n) is 6.03. The molecule has 12 nitrogen and oxygen atoms in total. The number of amides is 1. The first kappa shape index (κ1) is 20.7. The van der Waals surface area contributed by atoms with Crippen molar-refractivity contribution in [3.05, 3.63) is 48.0 Å². The summed E-state index contributed by atoms with van der Waals surface area (Å²) in [4.78, 5) is 12.7. The highest BCUT2D eigenvalue weighted by atomic mass is 16.7. The van der Waals surface area contributed by atoms with Crippen LogP contribution in [-0.2, 0) is 9.47 Å². The lowest BCUT2D eigenvalue weighted by molar-refractivity contribution is 0.0606.